The highest BCUT2D eigenvalue weighted by atomic mass is 79.9. The van der Waals surface area contributed by atoms with E-state index in [-0.39, 0.29) is 5.84 Å². The maximum Gasteiger partial charge on any atom is 0.139 e. The van der Waals surface area contributed by atoms with Gasteiger partial charge >= 0.3 is 0 Å². The summed E-state index contributed by atoms with van der Waals surface area (Å²) in [5.41, 5.74) is 6.09. The molecule has 0 aliphatic carbocycles. The normalized spacial score (nSPS) is 9.94. The molecule has 0 amide bonds. The van der Waals surface area contributed by atoms with Crippen molar-refractivity contribution in [1.29, 1.82) is 5.41 Å². The monoisotopic (exact) mass is 290 g/mol. The molecule has 0 fully saturated rings. The number of hydrogen-bond donors (Lipinski definition) is 2. The van der Waals surface area contributed by atoms with E-state index in [2.05, 4.69) is 15.9 Å². The third kappa shape index (κ3) is 2.85. The molecule has 0 bridgehead atoms. The zero-order valence-corrected chi connectivity index (χ0v) is 10.6. The summed E-state index contributed by atoms with van der Waals surface area (Å²) in [5, 5.41) is 7.49. The van der Waals surface area contributed by atoms with E-state index in [1.54, 1.807) is 12.1 Å². The average molecular weight is 291 g/mol. The Bertz CT molecular complexity index is 540. The minimum atomic E-state index is -0.0107. The number of benzene rings is 2. The minimum Gasteiger partial charge on any atom is -0.457 e. The number of ether oxygens (including phenoxy) is 1. The molecule has 0 saturated carbocycles. The van der Waals surface area contributed by atoms with Gasteiger partial charge < -0.3 is 10.5 Å². The first-order chi connectivity index (χ1) is 8.16. The second kappa shape index (κ2) is 5.01. The predicted octanol–water partition coefficient (Wildman–Crippen LogP) is 3.53. The van der Waals surface area contributed by atoms with Gasteiger partial charge in [-0.15, -0.1) is 0 Å². The van der Waals surface area contributed by atoms with Crippen LogP contribution in [0.2, 0.25) is 0 Å². The van der Waals surface area contributed by atoms with E-state index in [1.807, 2.05) is 36.4 Å². The van der Waals surface area contributed by atoms with Crippen molar-refractivity contribution in [1.82, 2.24) is 0 Å². The summed E-state index contributed by atoms with van der Waals surface area (Å²) in [6.07, 6.45) is 0. The molecule has 0 spiro atoms. The van der Waals surface area contributed by atoms with Crippen LogP contribution in [-0.2, 0) is 0 Å². The van der Waals surface area contributed by atoms with Crippen LogP contribution in [0.5, 0.6) is 11.5 Å². The van der Waals surface area contributed by atoms with Crippen molar-refractivity contribution in [3.8, 4) is 11.5 Å². The fourth-order valence-corrected chi connectivity index (χ4v) is 1.76. The van der Waals surface area contributed by atoms with Crippen LogP contribution in [0.15, 0.2) is 53.0 Å². The van der Waals surface area contributed by atoms with Crippen LogP contribution >= 0.6 is 15.9 Å². The molecule has 17 heavy (non-hydrogen) atoms. The standard InChI is InChI=1S/C13H11BrN2O/c14-9-6-7-11(13(15)16)12(8-9)17-10-4-2-1-3-5-10/h1-8H,(H3,15,16). The van der Waals surface area contributed by atoms with Crippen LogP contribution in [0.25, 0.3) is 0 Å². The molecule has 0 heterocycles. The molecule has 0 radical (unpaired) electrons. The van der Waals surface area contributed by atoms with Gasteiger partial charge in [0.1, 0.15) is 17.3 Å². The fraction of sp³-hybridized carbons (Fsp3) is 0. The zero-order valence-electron chi connectivity index (χ0n) is 8.98. The van der Waals surface area contributed by atoms with Crippen molar-refractivity contribution in [3.05, 3.63) is 58.6 Å². The molecule has 2 aromatic carbocycles. The molecule has 3 nitrogen and oxygen atoms in total. The molecule has 4 heteroatoms. The van der Waals surface area contributed by atoms with Crippen LogP contribution in [0.3, 0.4) is 0 Å². The summed E-state index contributed by atoms with van der Waals surface area (Å²) < 4.78 is 6.58. The Hall–Kier alpha value is -1.81. The SMILES string of the molecule is N=C(N)c1ccc(Br)cc1Oc1ccccc1. The molecule has 3 N–H and O–H groups in total. The van der Waals surface area contributed by atoms with Gasteiger partial charge in [0.15, 0.2) is 0 Å². The summed E-state index contributed by atoms with van der Waals surface area (Å²) in [5.74, 6) is 1.27. The van der Waals surface area contributed by atoms with Gasteiger partial charge in [0.2, 0.25) is 0 Å². The molecule has 0 aliphatic rings. The van der Waals surface area contributed by atoms with Gasteiger partial charge in [0.25, 0.3) is 0 Å². The first kappa shape index (κ1) is 11.7. The van der Waals surface area contributed by atoms with Crippen LogP contribution in [-0.4, -0.2) is 5.84 Å². The summed E-state index contributed by atoms with van der Waals surface area (Å²) in [7, 11) is 0. The largest absolute Gasteiger partial charge is 0.457 e. The van der Waals surface area contributed by atoms with E-state index in [4.69, 9.17) is 15.9 Å². The smallest absolute Gasteiger partial charge is 0.139 e. The predicted molar refractivity (Wildman–Crippen MR) is 71.7 cm³/mol. The number of nitrogen functional groups attached to an aromatic ring is 1. The van der Waals surface area contributed by atoms with E-state index < -0.39 is 0 Å². The fourth-order valence-electron chi connectivity index (χ4n) is 1.42. The number of rotatable bonds is 3. The van der Waals surface area contributed by atoms with Gasteiger partial charge in [-0.1, -0.05) is 34.1 Å². The summed E-state index contributed by atoms with van der Waals surface area (Å²) in [4.78, 5) is 0. The topological polar surface area (TPSA) is 59.1 Å². The maximum atomic E-state index is 7.49. The van der Waals surface area contributed by atoms with E-state index in [0.29, 0.717) is 17.1 Å². The van der Waals surface area contributed by atoms with Crippen LogP contribution in [0.4, 0.5) is 0 Å². The maximum absolute atomic E-state index is 7.49. The van der Waals surface area contributed by atoms with Crippen molar-refractivity contribution < 1.29 is 4.74 Å². The molecule has 0 aliphatic heterocycles. The number of para-hydroxylation sites is 1. The zero-order chi connectivity index (χ0) is 12.3. The number of nitrogens with two attached hydrogens (primary N) is 1. The lowest BCUT2D eigenvalue weighted by Crippen LogP contribution is -2.12. The molecule has 0 unspecified atom stereocenters. The third-order valence-electron chi connectivity index (χ3n) is 2.20. The molecule has 0 saturated heterocycles. The number of amidine groups is 1. The summed E-state index contributed by atoms with van der Waals surface area (Å²) in [6, 6.07) is 14.8. The van der Waals surface area contributed by atoms with Crippen LogP contribution in [0, 0.1) is 5.41 Å². The van der Waals surface area contributed by atoms with Gasteiger partial charge in [-0.25, -0.2) is 0 Å². The van der Waals surface area contributed by atoms with E-state index >= 15 is 0 Å². The Morgan fingerprint density at radius 3 is 2.47 bits per heavy atom. The molecule has 0 aromatic heterocycles. The Labute approximate surface area is 108 Å². The van der Waals surface area contributed by atoms with Crippen molar-refractivity contribution in [2.75, 3.05) is 0 Å². The first-order valence-electron chi connectivity index (χ1n) is 5.03. The third-order valence-corrected chi connectivity index (χ3v) is 2.70. The van der Waals surface area contributed by atoms with E-state index in [1.165, 1.54) is 0 Å². The van der Waals surface area contributed by atoms with Crippen molar-refractivity contribution >= 4 is 21.8 Å². The lowest BCUT2D eigenvalue weighted by Gasteiger charge is -2.10. The molecule has 2 aromatic rings. The lowest BCUT2D eigenvalue weighted by atomic mass is 10.2. The Balaban J connectivity index is 2.37. The first-order valence-corrected chi connectivity index (χ1v) is 5.83. The molecule has 86 valence electrons. The quantitative estimate of drug-likeness (QED) is 0.671. The second-order valence-electron chi connectivity index (χ2n) is 3.47. The number of nitrogens with one attached hydrogen (secondary N) is 1. The van der Waals surface area contributed by atoms with E-state index in [0.717, 1.165) is 4.47 Å². The highest BCUT2D eigenvalue weighted by Gasteiger charge is 2.08. The van der Waals surface area contributed by atoms with Crippen molar-refractivity contribution in [2.24, 2.45) is 5.73 Å². The summed E-state index contributed by atoms with van der Waals surface area (Å²) >= 11 is 3.37. The van der Waals surface area contributed by atoms with Crippen molar-refractivity contribution in [2.45, 2.75) is 0 Å². The van der Waals surface area contributed by atoms with Gasteiger partial charge in [0.05, 0.1) is 5.56 Å². The van der Waals surface area contributed by atoms with Gasteiger partial charge in [0, 0.05) is 4.47 Å². The van der Waals surface area contributed by atoms with Gasteiger partial charge in [-0.2, -0.15) is 0 Å². The van der Waals surface area contributed by atoms with E-state index in [9.17, 15) is 0 Å². The number of halogens is 1. The van der Waals surface area contributed by atoms with Crippen LogP contribution < -0.4 is 10.5 Å². The second-order valence-corrected chi connectivity index (χ2v) is 4.38. The Morgan fingerprint density at radius 1 is 1.12 bits per heavy atom. The van der Waals surface area contributed by atoms with Crippen molar-refractivity contribution in [3.63, 3.8) is 0 Å². The molecule has 0 atom stereocenters. The molecule has 2 rings (SSSR count). The number of hydrogen-bond acceptors (Lipinski definition) is 2. The lowest BCUT2D eigenvalue weighted by molar-refractivity contribution is 0.481. The summed E-state index contributed by atoms with van der Waals surface area (Å²) in [6.45, 7) is 0. The Morgan fingerprint density at radius 2 is 1.82 bits per heavy atom. The highest BCUT2D eigenvalue weighted by molar-refractivity contribution is 9.10. The van der Waals surface area contributed by atoms with Gasteiger partial charge in [-0.3, -0.25) is 5.41 Å². The average Bonchev–Trinajstić information content (AvgIpc) is 2.30. The Kier molecular flexibility index (Phi) is 3.44. The highest BCUT2D eigenvalue weighted by Crippen LogP contribution is 2.28. The minimum absolute atomic E-state index is 0.0107. The molecular weight excluding hydrogens is 280 g/mol. The van der Waals surface area contributed by atoms with Gasteiger partial charge in [-0.05, 0) is 30.3 Å². The van der Waals surface area contributed by atoms with Crippen LogP contribution in [0.1, 0.15) is 5.56 Å². The molecular formula is C13H11BrN2O.